The number of ether oxygens (including phenoxy) is 1. The lowest BCUT2D eigenvalue weighted by Gasteiger charge is -2.41. The highest BCUT2D eigenvalue weighted by molar-refractivity contribution is 5.51. The maximum atomic E-state index is 10.9. The molecule has 1 saturated carbocycles. The van der Waals surface area contributed by atoms with Crippen LogP contribution in [0.1, 0.15) is 24.8 Å². The molecule has 92 valence electrons. The molecule has 0 atom stereocenters. The first-order valence-corrected chi connectivity index (χ1v) is 5.66. The molecule has 0 saturated heterocycles. The molecule has 1 aromatic rings. The molecule has 0 aliphatic heterocycles. The Morgan fingerprint density at radius 3 is 2.65 bits per heavy atom. The van der Waals surface area contributed by atoms with E-state index in [0.717, 1.165) is 24.8 Å². The average molecular weight is 236 g/mol. The van der Waals surface area contributed by atoms with Crippen LogP contribution in [0.25, 0.3) is 0 Å². The molecule has 1 aromatic carbocycles. The van der Waals surface area contributed by atoms with Crippen molar-refractivity contribution in [2.75, 3.05) is 13.7 Å². The molecule has 1 aliphatic rings. The Balaban J connectivity index is 2.43. The second kappa shape index (κ2) is 4.33. The van der Waals surface area contributed by atoms with Crippen molar-refractivity contribution >= 4 is 5.69 Å². The lowest BCUT2D eigenvalue weighted by atomic mass is 9.64. The fraction of sp³-hybridized carbons (Fsp3) is 0.500. The maximum Gasteiger partial charge on any atom is 0.311 e. The molecule has 0 bridgehead atoms. The molecule has 5 heteroatoms. The van der Waals surface area contributed by atoms with E-state index in [2.05, 4.69) is 0 Å². The Morgan fingerprint density at radius 1 is 1.53 bits per heavy atom. The summed E-state index contributed by atoms with van der Waals surface area (Å²) >= 11 is 0. The minimum Gasteiger partial charge on any atom is -0.490 e. The first-order chi connectivity index (χ1) is 8.13. The summed E-state index contributed by atoms with van der Waals surface area (Å²) in [7, 11) is 1.43. The van der Waals surface area contributed by atoms with Crippen molar-refractivity contribution in [3.8, 4) is 5.75 Å². The minimum absolute atomic E-state index is 0.0183. The van der Waals surface area contributed by atoms with E-state index in [0.29, 0.717) is 12.3 Å². The van der Waals surface area contributed by atoms with Crippen LogP contribution in [0.4, 0.5) is 5.69 Å². The zero-order valence-electron chi connectivity index (χ0n) is 9.81. The number of nitrogens with zero attached hydrogens (tertiary/aromatic N) is 1. The van der Waals surface area contributed by atoms with Gasteiger partial charge in [0.1, 0.15) is 0 Å². The first kappa shape index (κ1) is 11.9. The third kappa shape index (κ3) is 1.86. The number of nitro groups is 1. The highest BCUT2D eigenvalue weighted by atomic mass is 16.6. The predicted octanol–water partition coefficient (Wildman–Crippen LogP) is 1.98. The van der Waals surface area contributed by atoms with Crippen LogP contribution in [0.15, 0.2) is 18.2 Å². The van der Waals surface area contributed by atoms with Crippen LogP contribution >= 0.6 is 0 Å². The summed E-state index contributed by atoms with van der Waals surface area (Å²) in [6, 6.07) is 5.14. The topological polar surface area (TPSA) is 78.4 Å². The number of nitrogens with two attached hydrogens (primary N) is 1. The van der Waals surface area contributed by atoms with Gasteiger partial charge in [-0.1, -0.05) is 12.5 Å². The first-order valence-electron chi connectivity index (χ1n) is 5.66. The van der Waals surface area contributed by atoms with Gasteiger partial charge in [-0.25, -0.2) is 0 Å². The Labute approximate surface area is 99.7 Å². The fourth-order valence-corrected chi connectivity index (χ4v) is 2.38. The molecule has 1 aliphatic carbocycles. The van der Waals surface area contributed by atoms with Gasteiger partial charge < -0.3 is 10.5 Å². The predicted molar refractivity (Wildman–Crippen MR) is 64.2 cm³/mol. The van der Waals surface area contributed by atoms with E-state index < -0.39 is 4.92 Å². The smallest absolute Gasteiger partial charge is 0.311 e. The quantitative estimate of drug-likeness (QED) is 0.640. The van der Waals surface area contributed by atoms with Gasteiger partial charge >= 0.3 is 5.69 Å². The van der Waals surface area contributed by atoms with Gasteiger partial charge in [0.15, 0.2) is 5.75 Å². The summed E-state index contributed by atoms with van der Waals surface area (Å²) in [5, 5.41) is 10.9. The zero-order chi connectivity index (χ0) is 12.5. The molecule has 0 amide bonds. The van der Waals surface area contributed by atoms with Crippen molar-refractivity contribution < 1.29 is 9.66 Å². The van der Waals surface area contributed by atoms with Crippen LogP contribution in [-0.2, 0) is 5.41 Å². The molecular weight excluding hydrogens is 220 g/mol. The van der Waals surface area contributed by atoms with E-state index in [-0.39, 0.29) is 11.1 Å². The van der Waals surface area contributed by atoms with Gasteiger partial charge in [0.25, 0.3) is 0 Å². The molecule has 2 rings (SSSR count). The highest BCUT2D eigenvalue weighted by Gasteiger charge is 2.38. The van der Waals surface area contributed by atoms with Crippen molar-refractivity contribution in [3.05, 3.63) is 33.9 Å². The van der Waals surface area contributed by atoms with E-state index in [1.54, 1.807) is 12.1 Å². The molecule has 0 heterocycles. The molecule has 5 nitrogen and oxygen atoms in total. The number of hydrogen-bond acceptors (Lipinski definition) is 4. The van der Waals surface area contributed by atoms with Gasteiger partial charge in [-0.3, -0.25) is 10.1 Å². The molecule has 2 N–H and O–H groups in total. The summed E-state index contributed by atoms with van der Waals surface area (Å²) in [5.41, 5.74) is 6.71. The van der Waals surface area contributed by atoms with Crippen molar-refractivity contribution in [2.24, 2.45) is 5.73 Å². The van der Waals surface area contributed by atoms with Gasteiger partial charge in [-0.15, -0.1) is 0 Å². The Kier molecular flexibility index (Phi) is 3.02. The number of hydrogen-bond donors (Lipinski definition) is 1. The number of benzene rings is 1. The molecule has 17 heavy (non-hydrogen) atoms. The Morgan fingerprint density at radius 2 is 2.24 bits per heavy atom. The average Bonchev–Trinajstić information content (AvgIpc) is 2.28. The monoisotopic (exact) mass is 236 g/mol. The van der Waals surface area contributed by atoms with Crippen LogP contribution in [-0.4, -0.2) is 18.6 Å². The second-order valence-electron chi connectivity index (χ2n) is 4.48. The van der Waals surface area contributed by atoms with E-state index in [9.17, 15) is 10.1 Å². The van der Waals surface area contributed by atoms with Crippen LogP contribution in [0.5, 0.6) is 5.75 Å². The van der Waals surface area contributed by atoms with Gasteiger partial charge in [-0.05, 0) is 24.5 Å². The third-order valence-corrected chi connectivity index (χ3v) is 3.69. The van der Waals surface area contributed by atoms with Crippen LogP contribution in [0, 0.1) is 10.1 Å². The number of methoxy groups -OCH3 is 1. The number of nitro benzene ring substituents is 1. The molecule has 0 unspecified atom stereocenters. The summed E-state index contributed by atoms with van der Waals surface area (Å²) in [6.07, 6.45) is 3.15. The molecule has 0 radical (unpaired) electrons. The Hall–Kier alpha value is -1.62. The lowest BCUT2D eigenvalue weighted by Crippen LogP contribution is -2.41. The van der Waals surface area contributed by atoms with Gasteiger partial charge in [0.05, 0.1) is 12.0 Å². The lowest BCUT2D eigenvalue weighted by molar-refractivity contribution is -0.385. The standard InChI is InChI=1S/C12H16N2O3/c1-17-11-4-3-9(7-10(11)14(15)16)12(8-13)5-2-6-12/h3-4,7H,2,5-6,8,13H2,1H3. The normalized spacial score (nSPS) is 17.3. The van der Waals surface area contributed by atoms with Crippen molar-refractivity contribution in [3.63, 3.8) is 0 Å². The van der Waals surface area contributed by atoms with E-state index >= 15 is 0 Å². The van der Waals surface area contributed by atoms with Crippen LogP contribution in [0.2, 0.25) is 0 Å². The van der Waals surface area contributed by atoms with Crippen molar-refractivity contribution in [1.82, 2.24) is 0 Å². The summed E-state index contributed by atoms with van der Waals surface area (Å²) in [5.74, 6) is 0.297. The second-order valence-corrected chi connectivity index (χ2v) is 4.48. The van der Waals surface area contributed by atoms with Crippen LogP contribution < -0.4 is 10.5 Å². The molecule has 1 fully saturated rings. The maximum absolute atomic E-state index is 10.9. The molecule has 0 spiro atoms. The SMILES string of the molecule is COc1ccc(C2(CN)CCC2)cc1[N+](=O)[O-]. The van der Waals surface area contributed by atoms with Crippen molar-refractivity contribution in [2.45, 2.75) is 24.7 Å². The van der Waals surface area contributed by atoms with E-state index in [1.165, 1.54) is 7.11 Å². The van der Waals surface area contributed by atoms with E-state index in [1.807, 2.05) is 6.07 Å². The van der Waals surface area contributed by atoms with Gasteiger partial charge in [0.2, 0.25) is 0 Å². The highest BCUT2D eigenvalue weighted by Crippen LogP contribution is 2.44. The molecule has 0 aromatic heterocycles. The summed E-state index contributed by atoms with van der Waals surface area (Å²) in [4.78, 5) is 10.5. The van der Waals surface area contributed by atoms with Crippen LogP contribution in [0.3, 0.4) is 0 Å². The minimum atomic E-state index is -0.411. The Bertz CT molecular complexity index is 436. The third-order valence-electron chi connectivity index (χ3n) is 3.69. The zero-order valence-corrected chi connectivity index (χ0v) is 9.81. The summed E-state index contributed by atoms with van der Waals surface area (Å²) < 4.78 is 4.99. The van der Waals surface area contributed by atoms with E-state index in [4.69, 9.17) is 10.5 Å². The van der Waals surface area contributed by atoms with Gasteiger partial charge in [-0.2, -0.15) is 0 Å². The largest absolute Gasteiger partial charge is 0.490 e. The summed E-state index contributed by atoms with van der Waals surface area (Å²) in [6.45, 7) is 0.538. The number of rotatable bonds is 4. The van der Waals surface area contributed by atoms with Gasteiger partial charge in [0, 0.05) is 18.0 Å². The molecular formula is C12H16N2O3. The fourth-order valence-electron chi connectivity index (χ4n) is 2.38. The van der Waals surface area contributed by atoms with Crippen molar-refractivity contribution in [1.29, 1.82) is 0 Å².